The Kier molecular flexibility index (Phi) is 4.47. The third kappa shape index (κ3) is 3.76. The summed E-state index contributed by atoms with van der Waals surface area (Å²) in [5.74, 6) is 0.494. The molecule has 0 atom stereocenters. The fraction of sp³-hybridized carbons (Fsp3) is 0.133. The summed E-state index contributed by atoms with van der Waals surface area (Å²) in [5.41, 5.74) is 8.07. The number of carbonyl (C=O) groups excluding carboxylic acids is 1. The molecule has 0 aliphatic rings. The molecular formula is C15H15NO2S. The Balaban J connectivity index is 2.03. The van der Waals surface area contributed by atoms with E-state index >= 15 is 0 Å². The lowest BCUT2D eigenvalue weighted by atomic mass is 10.1. The van der Waals surface area contributed by atoms with E-state index in [1.807, 2.05) is 42.5 Å². The largest absolute Gasteiger partial charge is 0.465 e. The number of esters is 1. The van der Waals surface area contributed by atoms with Gasteiger partial charge >= 0.3 is 5.97 Å². The average Bonchev–Trinajstić information content (AvgIpc) is 2.46. The maximum absolute atomic E-state index is 11.4. The molecule has 2 N–H and O–H groups in total. The van der Waals surface area contributed by atoms with Crippen LogP contribution >= 0.6 is 11.8 Å². The van der Waals surface area contributed by atoms with Gasteiger partial charge in [-0.15, -0.1) is 11.8 Å². The maximum Gasteiger partial charge on any atom is 0.337 e. The van der Waals surface area contributed by atoms with Gasteiger partial charge in [0.05, 0.1) is 12.7 Å². The SMILES string of the molecule is COC(=O)c1cccc(CSc2ccc(N)cc2)c1. The molecule has 0 heterocycles. The Morgan fingerprint density at radius 3 is 2.63 bits per heavy atom. The predicted molar refractivity (Wildman–Crippen MR) is 78.2 cm³/mol. The number of hydrogen-bond donors (Lipinski definition) is 1. The summed E-state index contributed by atoms with van der Waals surface area (Å²) in [7, 11) is 1.39. The van der Waals surface area contributed by atoms with Gasteiger partial charge in [-0.2, -0.15) is 0 Å². The second kappa shape index (κ2) is 6.29. The van der Waals surface area contributed by atoms with E-state index < -0.39 is 0 Å². The van der Waals surface area contributed by atoms with Crippen molar-refractivity contribution < 1.29 is 9.53 Å². The van der Waals surface area contributed by atoms with Crippen LogP contribution in [0.3, 0.4) is 0 Å². The molecule has 0 saturated heterocycles. The van der Waals surface area contributed by atoms with Gasteiger partial charge in [0.1, 0.15) is 0 Å². The van der Waals surface area contributed by atoms with Gasteiger partial charge in [-0.1, -0.05) is 12.1 Å². The quantitative estimate of drug-likeness (QED) is 0.527. The van der Waals surface area contributed by atoms with Crippen LogP contribution in [0, 0.1) is 0 Å². The summed E-state index contributed by atoms with van der Waals surface area (Å²) in [5, 5.41) is 0. The summed E-state index contributed by atoms with van der Waals surface area (Å²) in [6.45, 7) is 0. The van der Waals surface area contributed by atoms with E-state index in [-0.39, 0.29) is 5.97 Å². The summed E-state index contributed by atoms with van der Waals surface area (Å²) < 4.78 is 4.71. The first-order chi connectivity index (χ1) is 9.19. The van der Waals surface area contributed by atoms with Crippen LogP contribution in [0.1, 0.15) is 15.9 Å². The standard InChI is InChI=1S/C15H15NO2S/c1-18-15(17)12-4-2-3-11(9-12)10-19-14-7-5-13(16)6-8-14/h2-9H,10,16H2,1H3. The number of hydrogen-bond acceptors (Lipinski definition) is 4. The first-order valence-electron chi connectivity index (χ1n) is 5.84. The van der Waals surface area contributed by atoms with Crippen LogP contribution in [-0.4, -0.2) is 13.1 Å². The number of nitrogen functional groups attached to an aromatic ring is 1. The molecule has 2 aromatic carbocycles. The van der Waals surface area contributed by atoms with Gasteiger partial charge in [0, 0.05) is 16.3 Å². The van der Waals surface area contributed by atoms with Crippen LogP contribution in [0.4, 0.5) is 5.69 Å². The Bertz CT molecular complexity index is 567. The van der Waals surface area contributed by atoms with E-state index in [9.17, 15) is 4.79 Å². The Morgan fingerprint density at radius 2 is 1.95 bits per heavy atom. The number of benzene rings is 2. The van der Waals surface area contributed by atoms with E-state index in [4.69, 9.17) is 10.5 Å². The number of rotatable bonds is 4. The van der Waals surface area contributed by atoms with E-state index in [1.54, 1.807) is 17.8 Å². The first-order valence-corrected chi connectivity index (χ1v) is 6.83. The van der Waals surface area contributed by atoms with Gasteiger partial charge in [-0.05, 0) is 42.0 Å². The van der Waals surface area contributed by atoms with Gasteiger partial charge in [-0.3, -0.25) is 0 Å². The summed E-state index contributed by atoms with van der Waals surface area (Å²) in [6, 6.07) is 15.2. The molecule has 3 nitrogen and oxygen atoms in total. The van der Waals surface area contributed by atoms with Crippen molar-refractivity contribution >= 4 is 23.4 Å². The minimum atomic E-state index is -0.306. The smallest absolute Gasteiger partial charge is 0.337 e. The number of thioether (sulfide) groups is 1. The Morgan fingerprint density at radius 1 is 1.21 bits per heavy atom. The Hall–Kier alpha value is -1.94. The van der Waals surface area contributed by atoms with Crippen LogP contribution in [0.25, 0.3) is 0 Å². The Labute approximate surface area is 116 Å². The zero-order valence-corrected chi connectivity index (χ0v) is 11.4. The number of nitrogens with two attached hydrogens (primary N) is 1. The van der Waals surface area contributed by atoms with Crippen molar-refractivity contribution in [3.63, 3.8) is 0 Å². The topological polar surface area (TPSA) is 52.3 Å². The van der Waals surface area contributed by atoms with E-state index in [1.165, 1.54) is 7.11 Å². The predicted octanol–water partition coefficient (Wildman–Crippen LogP) is 3.35. The summed E-state index contributed by atoms with van der Waals surface area (Å²) in [4.78, 5) is 12.6. The van der Waals surface area contributed by atoms with Crippen LogP contribution in [0.2, 0.25) is 0 Å². The van der Waals surface area contributed by atoms with Crippen LogP contribution in [0.15, 0.2) is 53.4 Å². The normalized spacial score (nSPS) is 10.2. The molecule has 0 spiro atoms. The monoisotopic (exact) mass is 273 g/mol. The van der Waals surface area contributed by atoms with Gasteiger partial charge in [0.2, 0.25) is 0 Å². The fourth-order valence-electron chi connectivity index (χ4n) is 1.64. The van der Waals surface area contributed by atoms with Crippen molar-refractivity contribution in [1.29, 1.82) is 0 Å². The van der Waals surface area contributed by atoms with Gasteiger partial charge in [0.25, 0.3) is 0 Å². The van der Waals surface area contributed by atoms with Crippen molar-refractivity contribution in [1.82, 2.24) is 0 Å². The molecule has 0 amide bonds. The number of carbonyl (C=O) groups is 1. The highest BCUT2D eigenvalue weighted by atomic mass is 32.2. The molecule has 0 saturated carbocycles. The zero-order chi connectivity index (χ0) is 13.7. The second-order valence-corrected chi connectivity index (χ2v) is 5.10. The minimum absolute atomic E-state index is 0.306. The molecule has 0 fully saturated rings. The highest BCUT2D eigenvalue weighted by Crippen LogP contribution is 2.24. The van der Waals surface area contributed by atoms with Crippen molar-refractivity contribution in [2.24, 2.45) is 0 Å². The molecule has 98 valence electrons. The number of ether oxygens (including phenoxy) is 1. The third-order valence-electron chi connectivity index (χ3n) is 2.63. The third-order valence-corrected chi connectivity index (χ3v) is 3.72. The lowest BCUT2D eigenvalue weighted by Gasteiger charge is -2.04. The highest BCUT2D eigenvalue weighted by Gasteiger charge is 2.05. The summed E-state index contributed by atoms with van der Waals surface area (Å²) >= 11 is 1.70. The molecule has 0 aliphatic carbocycles. The molecule has 0 aliphatic heterocycles. The molecule has 2 aromatic rings. The van der Waals surface area contributed by atoms with Crippen molar-refractivity contribution in [2.45, 2.75) is 10.6 Å². The number of methoxy groups -OCH3 is 1. The van der Waals surface area contributed by atoms with Gasteiger partial charge in [0.15, 0.2) is 0 Å². The van der Waals surface area contributed by atoms with E-state index in [2.05, 4.69) is 0 Å². The summed E-state index contributed by atoms with van der Waals surface area (Å²) in [6.07, 6.45) is 0. The fourth-order valence-corrected chi connectivity index (χ4v) is 2.48. The molecule has 0 unspecified atom stereocenters. The molecule has 0 bridgehead atoms. The van der Waals surface area contributed by atoms with E-state index in [0.717, 1.165) is 21.9 Å². The average molecular weight is 273 g/mol. The van der Waals surface area contributed by atoms with Crippen molar-refractivity contribution in [3.8, 4) is 0 Å². The number of anilines is 1. The molecule has 0 aromatic heterocycles. The van der Waals surface area contributed by atoms with Gasteiger partial charge in [-0.25, -0.2) is 4.79 Å². The second-order valence-electron chi connectivity index (χ2n) is 4.05. The maximum atomic E-state index is 11.4. The van der Waals surface area contributed by atoms with Crippen molar-refractivity contribution in [2.75, 3.05) is 12.8 Å². The van der Waals surface area contributed by atoms with E-state index in [0.29, 0.717) is 5.56 Å². The lowest BCUT2D eigenvalue weighted by Crippen LogP contribution is -2.01. The van der Waals surface area contributed by atoms with Crippen molar-refractivity contribution in [3.05, 3.63) is 59.7 Å². The zero-order valence-electron chi connectivity index (χ0n) is 10.6. The van der Waals surface area contributed by atoms with Gasteiger partial charge < -0.3 is 10.5 Å². The lowest BCUT2D eigenvalue weighted by molar-refractivity contribution is 0.0600. The van der Waals surface area contributed by atoms with Crippen LogP contribution in [0.5, 0.6) is 0 Å². The first kappa shape index (κ1) is 13.5. The van der Waals surface area contributed by atoms with Crippen LogP contribution < -0.4 is 5.73 Å². The highest BCUT2D eigenvalue weighted by molar-refractivity contribution is 7.98. The van der Waals surface area contributed by atoms with Crippen LogP contribution in [-0.2, 0) is 10.5 Å². The molecular weight excluding hydrogens is 258 g/mol. The minimum Gasteiger partial charge on any atom is -0.465 e. The molecule has 2 rings (SSSR count). The molecule has 19 heavy (non-hydrogen) atoms. The molecule has 4 heteroatoms. The molecule has 0 radical (unpaired) electrons.